The van der Waals surface area contributed by atoms with Gasteiger partial charge in [-0.1, -0.05) is 0 Å². The molecule has 1 amide bonds. The van der Waals surface area contributed by atoms with Crippen LogP contribution in [0.1, 0.15) is 23.2 Å². The molecule has 1 aliphatic carbocycles. The van der Waals surface area contributed by atoms with E-state index >= 15 is 0 Å². The summed E-state index contributed by atoms with van der Waals surface area (Å²) < 4.78 is 30.6. The minimum Gasteiger partial charge on any atom is -0.487 e. The second kappa shape index (κ2) is 5.04. The van der Waals surface area contributed by atoms with E-state index in [1.165, 1.54) is 19.4 Å². The fourth-order valence-corrected chi connectivity index (χ4v) is 2.04. The Morgan fingerprint density at radius 1 is 1.42 bits per heavy atom. The zero-order valence-electron chi connectivity index (χ0n) is 10.6. The van der Waals surface area contributed by atoms with Gasteiger partial charge in [0.05, 0.1) is 18.6 Å². The van der Waals surface area contributed by atoms with E-state index in [0.29, 0.717) is 0 Å². The summed E-state index contributed by atoms with van der Waals surface area (Å²) in [6, 6.07) is 0. The lowest BCUT2D eigenvalue weighted by Crippen LogP contribution is -2.21. The average molecular weight is 285 g/mol. The highest BCUT2D eigenvalue weighted by molar-refractivity contribution is 7.92. The van der Waals surface area contributed by atoms with Crippen molar-refractivity contribution in [2.24, 2.45) is 0 Å². The maximum Gasteiger partial charge on any atom is 0.256 e. The number of amides is 1. The van der Waals surface area contributed by atoms with Crippen LogP contribution in [0, 0.1) is 0 Å². The van der Waals surface area contributed by atoms with Crippen molar-refractivity contribution in [1.29, 1.82) is 0 Å². The average Bonchev–Trinajstić information content (AvgIpc) is 3.12. The van der Waals surface area contributed by atoms with Gasteiger partial charge in [-0.05, 0) is 12.8 Å². The number of pyridine rings is 1. The molecule has 1 aromatic heterocycles. The smallest absolute Gasteiger partial charge is 0.256 e. The lowest BCUT2D eigenvalue weighted by molar-refractivity contribution is 0.0958. The number of carbonyl (C=O) groups is 1. The molecular formula is C11H15N3O4S. The van der Waals surface area contributed by atoms with Crippen molar-refractivity contribution in [2.75, 3.05) is 18.0 Å². The summed E-state index contributed by atoms with van der Waals surface area (Å²) in [5, 5.41) is 2.47. The van der Waals surface area contributed by atoms with Gasteiger partial charge in [-0.25, -0.2) is 8.42 Å². The Balaban J connectivity index is 2.42. The van der Waals surface area contributed by atoms with Gasteiger partial charge in [0, 0.05) is 13.2 Å². The highest BCUT2D eigenvalue weighted by atomic mass is 32.2. The van der Waals surface area contributed by atoms with Crippen LogP contribution in [0.5, 0.6) is 5.75 Å². The van der Waals surface area contributed by atoms with Gasteiger partial charge < -0.3 is 10.1 Å². The summed E-state index contributed by atoms with van der Waals surface area (Å²) in [4.78, 5) is 15.6. The van der Waals surface area contributed by atoms with Crippen LogP contribution >= 0.6 is 0 Å². The molecule has 2 N–H and O–H groups in total. The SMILES string of the molecule is CNC(=O)c1cncc(NS(C)(=O)=O)c1OC1CC1. The van der Waals surface area contributed by atoms with Crippen LogP contribution < -0.4 is 14.8 Å². The molecule has 1 saturated carbocycles. The summed E-state index contributed by atoms with van der Waals surface area (Å²) in [7, 11) is -1.98. The van der Waals surface area contributed by atoms with E-state index < -0.39 is 10.0 Å². The third-order valence-corrected chi connectivity index (χ3v) is 3.06. The number of aromatic nitrogens is 1. The van der Waals surface area contributed by atoms with E-state index in [1.54, 1.807) is 0 Å². The highest BCUT2D eigenvalue weighted by Crippen LogP contribution is 2.34. The first-order valence-corrected chi connectivity index (χ1v) is 7.64. The zero-order chi connectivity index (χ0) is 14.0. The molecular weight excluding hydrogens is 270 g/mol. The summed E-state index contributed by atoms with van der Waals surface area (Å²) in [5.74, 6) is -0.150. The number of anilines is 1. The minimum absolute atomic E-state index is 0.0333. The second-order valence-electron chi connectivity index (χ2n) is 4.33. The molecule has 1 aliphatic rings. The molecule has 0 aliphatic heterocycles. The van der Waals surface area contributed by atoms with E-state index in [4.69, 9.17) is 4.74 Å². The van der Waals surface area contributed by atoms with Crippen molar-refractivity contribution >= 4 is 21.6 Å². The monoisotopic (exact) mass is 285 g/mol. The second-order valence-corrected chi connectivity index (χ2v) is 6.08. The quantitative estimate of drug-likeness (QED) is 0.813. The van der Waals surface area contributed by atoms with Crippen LogP contribution in [0.4, 0.5) is 5.69 Å². The Morgan fingerprint density at radius 2 is 2.11 bits per heavy atom. The summed E-state index contributed by atoms with van der Waals surface area (Å²) >= 11 is 0. The van der Waals surface area contributed by atoms with E-state index in [0.717, 1.165) is 19.1 Å². The molecule has 104 valence electrons. The van der Waals surface area contributed by atoms with Crippen LogP contribution in [0.2, 0.25) is 0 Å². The Morgan fingerprint density at radius 3 is 2.63 bits per heavy atom. The van der Waals surface area contributed by atoms with Crippen molar-refractivity contribution in [3.8, 4) is 5.75 Å². The van der Waals surface area contributed by atoms with Gasteiger partial charge in [0.25, 0.3) is 5.91 Å². The van der Waals surface area contributed by atoms with Gasteiger partial charge in [-0.15, -0.1) is 0 Å². The maximum atomic E-state index is 11.7. The predicted molar refractivity (Wildman–Crippen MR) is 69.7 cm³/mol. The number of sulfonamides is 1. The first-order chi connectivity index (χ1) is 8.90. The fourth-order valence-electron chi connectivity index (χ4n) is 1.50. The number of nitrogens with one attached hydrogen (secondary N) is 2. The van der Waals surface area contributed by atoms with Crippen LogP contribution in [0.15, 0.2) is 12.4 Å². The van der Waals surface area contributed by atoms with Crippen molar-refractivity contribution < 1.29 is 17.9 Å². The summed E-state index contributed by atoms with van der Waals surface area (Å²) in [6.45, 7) is 0. The van der Waals surface area contributed by atoms with Crippen LogP contribution in [-0.2, 0) is 10.0 Å². The molecule has 0 spiro atoms. The molecule has 2 rings (SSSR count). The van der Waals surface area contributed by atoms with E-state index in [9.17, 15) is 13.2 Å². The van der Waals surface area contributed by atoms with Crippen molar-refractivity contribution in [3.63, 3.8) is 0 Å². The van der Waals surface area contributed by atoms with Gasteiger partial charge >= 0.3 is 0 Å². The molecule has 1 fully saturated rings. The number of rotatable bonds is 5. The Labute approximate surface area is 111 Å². The fraction of sp³-hybridized carbons (Fsp3) is 0.455. The van der Waals surface area contributed by atoms with Gasteiger partial charge in [-0.3, -0.25) is 14.5 Å². The molecule has 0 unspecified atom stereocenters. The third kappa shape index (κ3) is 3.57. The molecule has 7 nitrogen and oxygen atoms in total. The maximum absolute atomic E-state index is 11.7. The van der Waals surface area contributed by atoms with Crippen LogP contribution in [-0.4, -0.2) is 38.7 Å². The number of hydrogen-bond donors (Lipinski definition) is 2. The van der Waals surface area contributed by atoms with Gasteiger partial charge in [0.15, 0.2) is 5.75 Å². The summed E-state index contributed by atoms with van der Waals surface area (Å²) in [6.07, 6.45) is 5.53. The lowest BCUT2D eigenvalue weighted by atomic mass is 10.2. The van der Waals surface area contributed by atoms with Crippen molar-refractivity contribution in [3.05, 3.63) is 18.0 Å². The molecule has 19 heavy (non-hydrogen) atoms. The van der Waals surface area contributed by atoms with Gasteiger partial charge in [-0.2, -0.15) is 0 Å². The molecule has 0 radical (unpaired) electrons. The largest absolute Gasteiger partial charge is 0.487 e. The number of hydrogen-bond acceptors (Lipinski definition) is 5. The first-order valence-electron chi connectivity index (χ1n) is 5.75. The molecule has 8 heteroatoms. The molecule has 0 aromatic carbocycles. The molecule has 0 saturated heterocycles. The topological polar surface area (TPSA) is 97.4 Å². The third-order valence-electron chi connectivity index (χ3n) is 2.47. The molecule has 0 bridgehead atoms. The first kappa shape index (κ1) is 13.6. The zero-order valence-corrected chi connectivity index (χ0v) is 11.5. The van der Waals surface area contributed by atoms with E-state index in [2.05, 4.69) is 15.0 Å². The van der Waals surface area contributed by atoms with E-state index in [1.807, 2.05) is 0 Å². The number of carbonyl (C=O) groups excluding carboxylic acids is 1. The van der Waals surface area contributed by atoms with E-state index in [-0.39, 0.29) is 29.0 Å². The normalized spacial score (nSPS) is 14.8. The van der Waals surface area contributed by atoms with Gasteiger partial charge in [0.2, 0.25) is 10.0 Å². The van der Waals surface area contributed by atoms with Gasteiger partial charge in [0.1, 0.15) is 11.3 Å². The lowest BCUT2D eigenvalue weighted by Gasteiger charge is -2.14. The van der Waals surface area contributed by atoms with Crippen molar-refractivity contribution in [2.45, 2.75) is 18.9 Å². The number of nitrogens with zero attached hydrogens (tertiary/aromatic N) is 1. The molecule has 1 heterocycles. The highest BCUT2D eigenvalue weighted by Gasteiger charge is 2.28. The van der Waals surface area contributed by atoms with Crippen LogP contribution in [0.25, 0.3) is 0 Å². The standard InChI is InChI=1S/C11H15N3O4S/c1-12-11(15)8-5-13-6-9(14-19(2,16)17)10(8)18-7-3-4-7/h5-7,14H,3-4H2,1-2H3,(H,12,15). The van der Waals surface area contributed by atoms with Crippen LogP contribution in [0.3, 0.4) is 0 Å². The molecule has 1 aromatic rings. The minimum atomic E-state index is -3.47. The molecule has 0 atom stereocenters. The van der Waals surface area contributed by atoms with Crippen molar-refractivity contribution in [1.82, 2.24) is 10.3 Å². The number of ether oxygens (including phenoxy) is 1. The summed E-state index contributed by atoms with van der Waals surface area (Å²) in [5.41, 5.74) is 0.388. The Hall–Kier alpha value is -1.83. The Kier molecular flexibility index (Phi) is 3.61. The Bertz CT molecular complexity index is 596. The predicted octanol–water partition coefficient (Wildman–Crippen LogP) is 0.354.